The van der Waals surface area contributed by atoms with E-state index in [1.54, 1.807) is 7.11 Å². The van der Waals surface area contributed by atoms with Gasteiger partial charge in [-0.2, -0.15) is 0 Å². The zero-order valence-corrected chi connectivity index (χ0v) is 16.7. The van der Waals surface area contributed by atoms with E-state index in [9.17, 15) is 5.21 Å². The third kappa shape index (κ3) is 5.32. The van der Waals surface area contributed by atoms with Gasteiger partial charge < -0.3 is 19.9 Å². The van der Waals surface area contributed by atoms with Crippen molar-refractivity contribution in [2.24, 2.45) is 0 Å². The van der Waals surface area contributed by atoms with Crippen molar-refractivity contribution in [1.82, 2.24) is 4.98 Å². The molecule has 2 aromatic rings. The minimum Gasteiger partial charge on any atom is -0.633 e. The number of quaternary nitrogens is 1. The van der Waals surface area contributed by atoms with Gasteiger partial charge in [-0.25, -0.2) is 0 Å². The van der Waals surface area contributed by atoms with E-state index < -0.39 is 0 Å². The quantitative estimate of drug-likeness (QED) is 0.353. The molecule has 0 aliphatic heterocycles. The van der Waals surface area contributed by atoms with Crippen LogP contribution in [-0.4, -0.2) is 42.9 Å². The lowest BCUT2D eigenvalue weighted by molar-refractivity contribution is -0.877. The highest BCUT2D eigenvalue weighted by atomic mass is 16.5. The Bertz CT molecular complexity index is 699. The Morgan fingerprint density at radius 3 is 2.54 bits per heavy atom. The number of nitrogens with zero attached hydrogens (tertiary/aromatic N) is 2. The molecular weight excluding hydrogens is 326 g/mol. The van der Waals surface area contributed by atoms with Crippen LogP contribution in [0.3, 0.4) is 0 Å². The van der Waals surface area contributed by atoms with Crippen LogP contribution in [-0.2, 0) is 0 Å². The van der Waals surface area contributed by atoms with Crippen LogP contribution in [0.15, 0.2) is 24.4 Å². The Morgan fingerprint density at radius 1 is 1.12 bits per heavy atom. The van der Waals surface area contributed by atoms with Gasteiger partial charge in [-0.05, 0) is 57.7 Å². The summed E-state index contributed by atoms with van der Waals surface area (Å²) < 4.78 is 5.37. The summed E-state index contributed by atoms with van der Waals surface area (Å²) in [6, 6.07) is 6.07. The summed E-state index contributed by atoms with van der Waals surface area (Å²) in [7, 11) is 1.69. The lowest BCUT2D eigenvalue weighted by Gasteiger charge is -2.41. The molecule has 0 radical (unpaired) electrons. The fourth-order valence-corrected chi connectivity index (χ4v) is 3.26. The standard InChI is InChI=1S/C21H33N3O2/c1-5-24(25,6-2)14-10-8-7-9-12-22-20-16-18(26-4)15-19-17(3)11-13-23-21(19)20/h11,13,15-16,22H,5-10,12,14H2,1-4H3. The highest BCUT2D eigenvalue weighted by Gasteiger charge is 2.10. The van der Waals surface area contributed by atoms with E-state index >= 15 is 0 Å². The van der Waals surface area contributed by atoms with Crippen LogP contribution in [0.25, 0.3) is 10.9 Å². The Labute approximate surface area is 157 Å². The first kappa shape index (κ1) is 20.5. The molecule has 1 heterocycles. The molecule has 0 bridgehead atoms. The van der Waals surface area contributed by atoms with Gasteiger partial charge in [0.2, 0.25) is 0 Å². The first-order valence-corrected chi connectivity index (χ1v) is 9.77. The van der Waals surface area contributed by atoms with Crippen molar-refractivity contribution in [1.29, 1.82) is 0 Å². The Balaban J connectivity index is 1.84. The van der Waals surface area contributed by atoms with Gasteiger partial charge in [0.15, 0.2) is 0 Å². The molecule has 0 saturated carbocycles. The molecule has 0 unspecified atom stereocenters. The number of aromatic nitrogens is 1. The molecule has 1 aromatic carbocycles. The third-order valence-electron chi connectivity index (χ3n) is 5.23. The molecule has 0 aliphatic carbocycles. The molecule has 0 aliphatic rings. The van der Waals surface area contributed by atoms with Gasteiger partial charge in [-0.15, -0.1) is 0 Å². The van der Waals surface area contributed by atoms with E-state index in [4.69, 9.17) is 4.74 Å². The second-order valence-electron chi connectivity index (χ2n) is 6.95. The van der Waals surface area contributed by atoms with Crippen molar-refractivity contribution in [3.05, 3.63) is 35.2 Å². The number of anilines is 1. The minimum atomic E-state index is -0.0565. The number of hydroxylamine groups is 3. The normalized spacial score (nSPS) is 11.7. The van der Waals surface area contributed by atoms with E-state index in [-0.39, 0.29) is 4.65 Å². The molecule has 5 heteroatoms. The van der Waals surface area contributed by atoms with E-state index in [0.717, 1.165) is 61.1 Å². The summed E-state index contributed by atoms with van der Waals surface area (Å²) in [5.74, 6) is 0.847. The van der Waals surface area contributed by atoms with Crippen molar-refractivity contribution in [3.63, 3.8) is 0 Å². The fraction of sp³-hybridized carbons (Fsp3) is 0.571. The number of fused-ring (bicyclic) bond motifs is 1. The second kappa shape index (κ2) is 9.74. The van der Waals surface area contributed by atoms with Gasteiger partial charge >= 0.3 is 0 Å². The topological polar surface area (TPSA) is 57.2 Å². The van der Waals surface area contributed by atoms with Gasteiger partial charge in [0.25, 0.3) is 0 Å². The molecule has 2 rings (SSSR count). The minimum absolute atomic E-state index is 0.0565. The summed E-state index contributed by atoms with van der Waals surface area (Å²) in [4.78, 5) is 4.54. The number of methoxy groups -OCH3 is 1. The molecular formula is C21H33N3O2. The van der Waals surface area contributed by atoms with Gasteiger partial charge in [-0.1, -0.05) is 6.42 Å². The molecule has 0 amide bonds. The van der Waals surface area contributed by atoms with Gasteiger partial charge in [0.1, 0.15) is 5.75 Å². The fourth-order valence-electron chi connectivity index (χ4n) is 3.26. The number of ether oxygens (including phenoxy) is 1. The summed E-state index contributed by atoms with van der Waals surface area (Å²) in [5.41, 5.74) is 3.21. The third-order valence-corrected chi connectivity index (χ3v) is 5.23. The van der Waals surface area contributed by atoms with Crippen molar-refractivity contribution in [2.75, 3.05) is 38.6 Å². The van der Waals surface area contributed by atoms with Crippen molar-refractivity contribution in [2.45, 2.75) is 46.5 Å². The number of aryl methyl sites for hydroxylation is 1. The number of hydrogen-bond donors (Lipinski definition) is 1. The summed E-state index contributed by atoms with van der Waals surface area (Å²) in [5, 5.41) is 16.9. The summed E-state index contributed by atoms with van der Waals surface area (Å²) in [6.45, 7) is 9.04. The largest absolute Gasteiger partial charge is 0.633 e. The molecule has 1 N–H and O–H groups in total. The number of pyridine rings is 1. The van der Waals surface area contributed by atoms with E-state index in [1.165, 1.54) is 5.56 Å². The number of hydrogen-bond acceptors (Lipinski definition) is 4. The molecule has 26 heavy (non-hydrogen) atoms. The number of unbranched alkanes of at least 4 members (excludes halogenated alkanes) is 3. The second-order valence-corrected chi connectivity index (χ2v) is 6.95. The van der Waals surface area contributed by atoms with Crippen LogP contribution >= 0.6 is 0 Å². The van der Waals surface area contributed by atoms with Gasteiger partial charge in [0.05, 0.1) is 37.9 Å². The average Bonchev–Trinajstić information content (AvgIpc) is 2.67. The van der Waals surface area contributed by atoms with Crippen LogP contribution in [0.5, 0.6) is 5.75 Å². The van der Waals surface area contributed by atoms with Crippen molar-refractivity contribution in [3.8, 4) is 5.75 Å². The first-order chi connectivity index (χ1) is 12.5. The summed E-state index contributed by atoms with van der Waals surface area (Å²) in [6.07, 6.45) is 6.19. The van der Waals surface area contributed by atoms with E-state index in [1.807, 2.05) is 38.2 Å². The molecule has 0 atom stereocenters. The highest BCUT2D eigenvalue weighted by molar-refractivity contribution is 5.93. The Kier molecular flexibility index (Phi) is 7.66. The summed E-state index contributed by atoms with van der Waals surface area (Å²) >= 11 is 0. The SMILES string of the molecule is CC[N+]([O-])(CC)CCCCCCNc1cc(OC)cc2c(C)ccnc12. The molecule has 1 aromatic heterocycles. The van der Waals surface area contributed by atoms with Crippen LogP contribution in [0.4, 0.5) is 5.69 Å². The maximum Gasteiger partial charge on any atom is 0.121 e. The van der Waals surface area contributed by atoms with Crippen molar-refractivity contribution >= 4 is 16.6 Å². The molecule has 0 spiro atoms. The average molecular weight is 360 g/mol. The zero-order valence-electron chi connectivity index (χ0n) is 16.7. The number of rotatable bonds is 11. The maximum absolute atomic E-state index is 12.2. The lowest BCUT2D eigenvalue weighted by atomic mass is 10.1. The smallest absolute Gasteiger partial charge is 0.121 e. The molecule has 144 valence electrons. The highest BCUT2D eigenvalue weighted by Crippen LogP contribution is 2.29. The Hall–Kier alpha value is -1.85. The first-order valence-electron chi connectivity index (χ1n) is 9.77. The Morgan fingerprint density at radius 2 is 1.85 bits per heavy atom. The maximum atomic E-state index is 12.2. The lowest BCUT2D eigenvalue weighted by Crippen LogP contribution is -2.42. The molecule has 0 saturated heterocycles. The van der Waals surface area contributed by atoms with E-state index in [2.05, 4.69) is 17.2 Å². The van der Waals surface area contributed by atoms with Gasteiger partial charge in [0, 0.05) is 24.2 Å². The molecule has 0 fully saturated rings. The predicted molar refractivity (Wildman–Crippen MR) is 110 cm³/mol. The van der Waals surface area contributed by atoms with Gasteiger partial charge in [-0.3, -0.25) is 4.98 Å². The van der Waals surface area contributed by atoms with Crippen LogP contribution in [0, 0.1) is 12.1 Å². The zero-order chi connectivity index (χ0) is 19.0. The van der Waals surface area contributed by atoms with Crippen LogP contribution in [0.1, 0.15) is 45.1 Å². The monoisotopic (exact) mass is 359 g/mol. The predicted octanol–water partition coefficient (Wildman–Crippen LogP) is 4.88. The number of nitrogens with one attached hydrogen (secondary N) is 1. The van der Waals surface area contributed by atoms with E-state index in [0.29, 0.717) is 13.1 Å². The van der Waals surface area contributed by atoms with Crippen LogP contribution < -0.4 is 10.1 Å². The number of benzene rings is 1. The molecule has 5 nitrogen and oxygen atoms in total. The van der Waals surface area contributed by atoms with Crippen LogP contribution in [0.2, 0.25) is 0 Å². The van der Waals surface area contributed by atoms with Crippen molar-refractivity contribution < 1.29 is 9.38 Å².